The second kappa shape index (κ2) is 11.8. The normalized spacial score (nSPS) is 11.7. The lowest BCUT2D eigenvalue weighted by Gasteiger charge is -2.19. The maximum absolute atomic E-state index is 12.8. The van der Waals surface area contributed by atoms with Crippen molar-refractivity contribution in [3.05, 3.63) is 131 Å². The predicted octanol–water partition coefficient (Wildman–Crippen LogP) is 7.12. The summed E-state index contributed by atoms with van der Waals surface area (Å²) in [6, 6.07) is 30.8. The summed E-state index contributed by atoms with van der Waals surface area (Å²) in [5, 5.41) is 15.5. The predicted molar refractivity (Wildman–Crippen MR) is 153 cm³/mol. The van der Waals surface area contributed by atoms with Crippen molar-refractivity contribution >= 4 is 28.2 Å². The van der Waals surface area contributed by atoms with Crippen LogP contribution < -0.4 is 10.1 Å². The number of anilines is 2. The summed E-state index contributed by atoms with van der Waals surface area (Å²) in [7, 11) is 0. The van der Waals surface area contributed by atoms with Gasteiger partial charge >= 0.3 is 5.97 Å². The van der Waals surface area contributed by atoms with Crippen molar-refractivity contribution < 1.29 is 19.4 Å². The molecule has 0 aliphatic rings. The lowest BCUT2D eigenvalue weighted by atomic mass is 9.97. The molecule has 0 radical (unpaired) electrons. The summed E-state index contributed by atoms with van der Waals surface area (Å²) in [6.45, 7) is 4.49. The van der Waals surface area contributed by atoms with E-state index in [0.29, 0.717) is 39.9 Å². The summed E-state index contributed by atoms with van der Waals surface area (Å²) >= 11 is 0. The summed E-state index contributed by atoms with van der Waals surface area (Å²) in [4.78, 5) is 17.4. The minimum Gasteiger partial charge on any atom is -0.489 e. The number of aliphatic hydroxyl groups is 1. The molecule has 1 unspecified atom stereocenters. The van der Waals surface area contributed by atoms with Crippen molar-refractivity contribution in [3.63, 3.8) is 0 Å². The topological polar surface area (TPSA) is 80.7 Å². The quantitative estimate of drug-likeness (QED) is 0.202. The third-order valence-corrected chi connectivity index (χ3v) is 6.57. The fraction of sp³-hybridized carbons (Fsp3) is 0.152. The number of aromatic nitrogens is 1. The van der Waals surface area contributed by atoms with Crippen LogP contribution >= 0.6 is 0 Å². The second-order valence-electron chi connectivity index (χ2n) is 9.20. The number of pyridine rings is 1. The molecule has 0 spiro atoms. The van der Waals surface area contributed by atoms with Gasteiger partial charge in [0.05, 0.1) is 17.8 Å². The first kappa shape index (κ1) is 25.9. The van der Waals surface area contributed by atoms with Gasteiger partial charge in [-0.3, -0.25) is 4.98 Å². The minimum absolute atomic E-state index is 0.254. The van der Waals surface area contributed by atoms with Crippen LogP contribution in [0.2, 0.25) is 0 Å². The molecule has 196 valence electrons. The Morgan fingerprint density at radius 2 is 1.67 bits per heavy atom. The van der Waals surface area contributed by atoms with Crippen molar-refractivity contribution in [1.82, 2.24) is 4.98 Å². The zero-order valence-corrected chi connectivity index (χ0v) is 21.9. The Bertz CT molecular complexity index is 1580. The molecular formula is C33H30N2O4. The molecule has 0 bridgehead atoms. The van der Waals surface area contributed by atoms with Crippen LogP contribution in [0.1, 0.15) is 45.6 Å². The van der Waals surface area contributed by atoms with E-state index in [2.05, 4.69) is 10.3 Å². The van der Waals surface area contributed by atoms with Gasteiger partial charge in [0.1, 0.15) is 24.0 Å². The van der Waals surface area contributed by atoms with Gasteiger partial charge in [-0.25, -0.2) is 4.79 Å². The Labute approximate surface area is 227 Å². The van der Waals surface area contributed by atoms with Crippen LogP contribution in [0.25, 0.3) is 10.9 Å². The van der Waals surface area contributed by atoms with Crippen LogP contribution in [0, 0.1) is 6.92 Å². The average molecular weight is 519 g/mol. The lowest BCUT2D eigenvalue weighted by molar-refractivity contribution is 0.0527. The highest BCUT2D eigenvalue weighted by atomic mass is 16.5. The number of benzene rings is 4. The summed E-state index contributed by atoms with van der Waals surface area (Å²) in [5.41, 5.74) is 5.84. The largest absolute Gasteiger partial charge is 0.489 e. The van der Waals surface area contributed by atoms with E-state index in [1.54, 1.807) is 6.92 Å². The first-order chi connectivity index (χ1) is 19.0. The number of carbonyl (C=O) groups excluding carboxylic acids is 1. The first-order valence-electron chi connectivity index (χ1n) is 12.9. The van der Waals surface area contributed by atoms with Crippen LogP contribution in [0.3, 0.4) is 0 Å². The smallest absolute Gasteiger partial charge is 0.341 e. The van der Waals surface area contributed by atoms with E-state index in [0.717, 1.165) is 22.6 Å². The van der Waals surface area contributed by atoms with Gasteiger partial charge in [-0.05, 0) is 48.7 Å². The van der Waals surface area contributed by atoms with Gasteiger partial charge in [0.2, 0.25) is 0 Å². The number of aryl methyl sites for hydroxylation is 1. The number of carbonyl (C=O) groups is 1. The highest BCUT2D eigenvalue weighted by Crippen LogP contribution is 2.35. The van der Waals surface area contributed by atoms with E-state index in [-0.39, 0.29) is 6.61 Å². The molecular weight excluding hydrogens is 488 g/mol. The molecule has 0 fully saturated rings. The molecule has 6 nitrogen and oxygen atoms in total. The number of rotatable bonds is 9. The third-order valence-electron chi connectivity index (χ3n) is 6.57. The number of ether oxygens (including phenoxy) is 2. The molecule has 2 N–H and O–H groups in total. The average Bonchev–Trinajstić information content (AvgIpc) is 2.97. The molecule has 4 aromatic carbocycles. The number of nitrogens with one attached hydrogen (secondary N) is 1. The number of hydrogen-bond acceptors (Lipinski definition) is 6. The van der Waals surface area contributed by atoms with Gasteiger partial charge in [0.25, 0.3) is 0 Å². The fourth-order valence-corrected chi connectivity index (χ4v) is 4.48. The fourth-order valence-electron chi connectivity index (χ4n) is 4.48. The SMILES string of the molecule is CCOC(=O)c1cnc2c(C(O)c3ccc(OCc4ccccc4)cc3)cccc2c1Nc1ccccc1C. The molecule has 5 aromatic rings. The van der Waals surface area contributed by atoms with Crippen molar-refractivity contribution in [2.45, 2.75) is 26.6 Å². The highest BCUT2D eigenvalue weighted by molar-refractivity contribution is 6.06. The molecule has 1 atom stereocenters. The number of aliphatic hydroxyl groups excluding tert-OH is 1. The minimum atomic E-state index is -0.927. The van der Waals surface area contributed by atoms with Gasteiger partial charge < -0.3 is 19.9 Å². The van der Waals surface area contributed by atoms with Crippen LogP contribution in [-0.2, 0) is 11.3 Å². The van der Waals surface area contributed by atoms with E-state index < -0.39 is 12.1 Å². The zero-order valence-electron chi connectivity index (χ0n) is 21.9. The zero-order chi connectivity index (χ0) is 27.2. The van der Waals surface area contributed by atoms with Crippen molar-refractivity contribution in [2.75, 3.05) is 11.9 Å². The van der Waals surface area contributed by atoms with E-state index >= 15 is 0 Å². The Morgan fingerprint density at radius 3 is 2.41 bits per heavy atom. The molecule has 1 aromatic heterocycles. The van der Waals surface area contributed by atoms with Gasteiger partial charge in [-0.1, -0.05) is 78.9 Å². The number of nitrogens with zero attached hydrogens (tertiary/aromatic N) is 1. The number of hydrogen-bond donors (Lipinski definition) is 2. The maximum atomic E-state index is 12.8. The Morgan fingerprint density at radius 1 is 0.923 bits per heavy atom. The van der Waals surface area contributed by atoms with Crippen molar-refractivity contribution in [3.8, 4) is 5.75 Å². The molecule has 0 saturated carbocycles. The standard InChI is InChI=1S/C33H30N2O4/c1-3-38-33(37)28-20-34-30-26(31(28)35-29-15-8-7-10-22(29)2)13-9-14-27(30)32(36)24-16-18-25(19-17-24)39-21-23-11-5-4-6-12-23/h4-20,32,36H,3,21H2,1-2H3,(H,34,35). The molecule has 0 saturated heterocycles. The van der Waals surface area contributed by atoms with E-state index in [1.807, 2.05) is 104 Å². The van der Waals surface area contributed by atoms with E-state index in [9.17, 15) is 9.90 Å². The second-order valence-corrected chi connectivity index (χ2v) is 9.20. The molecule has 1 heterocycles. The van der Waals surface area contributed by atoms with Crippen LogP contribution in [0.5, 0.6) is 5.75 Å². The lowest BCUT2D eigenvalue weighted by Crippen LogP contribution is -2.10. The highest BCUT2D eigenvalue weighted by Gasteiger charge is 2.21. The number of esters is 1. The molecule has 5 rings (SSSR count). The van der Waals surface area contributed by atoms with Crippen molar-refractivity contribution in [1.29, 1.82) is 0 Å². The Kier molecular flexibility index (Phi) is 7.85. The van der Waals surface area contributed by atoms with Crippen LogP contribution in [0.4, 0.5) is 11.4 Å². The number of fused-ring (bicyclic) bond motifs is 1. The Hall–Kier alpha value is -4.68. The number of para-hydroxylation sites is 2. The summed E-state index contributed by atoms with van der Waals surface area (Å²) < 4.78 is 11.2. The van der Waals surface area contributed by atoms with Crippen LogP contribution in [0.15, 0.2) is 103 Å². The van der Waals surface area contributed by atoms with Crippen molar-refractivity contribution in [2.24, 2.45) is 0 Å². The van der Waals surface area contributed by atoms with Crippen LogP contribution in [-0.4, -0.2) is 22.7 Å². The first-order valence-corrected chi connectivity index (χ1v) is 12.9. The van der Waals surface area contributed by atoms with Gasteiger partial charge in [-0.15, -0.1) is 0 Å². The molecule has 0 aliphatic carbocycles. The maximum Gasteiger partial charge on any atom is 0.341 e. The van der Waals surface area contributed by atoms with E-state index in [4.69, 9.17) is 9.47 Å². The molecule has 39 heavy (non-hydrogen) atoms. The summed E-state index contributed by atoms with van der Waals surface area (Å²) in [6.07, 6.45) is 0.585. The van der Waals surface area contributed by atoms with Gasteiger partial charge in [0, 0.05) is 22.8 Å². The van der Waals surface area contributed by atoms with Gasteiger partial charge in [-0.2, -0.15) is 0 Å². The molecule has 0 amide bonds. The third kappa shape index (κ3) is 5.76. The summed E-state index contributed by atoms with van der Waals surface area (Å²) in [5.74, 6) is 0.259. The van der Waals surface area contributed by atoms with Gasteiger partial charge in [0.15, 0.2) is 0 Å². The Balaban J connectivity index is 1.48. The molecule has 6 heteroatoms. The molecule has 0 aliphatic heterocycles. The monoisotopic (exact) mass is 518 g/mol. The van der Waals surface area contributed by atoms with E-state index in [1.165, 1.54) is 6.20 Å².